The first-order valence-electron chi connectivity index (χ1n) is 7.08. The number of nitrogens with zero attached hydrogens (tertiary/aromatic N) is 2. The van der Waals surface area contributed by atoms with Gasteiger partial charge in [0, 0.05) is 31.9 Å². The first-order chi connectivity index (χ1) is 10.7. The molecule has 0 spiro atoms. The van der Waals surface area contributed by atoms with Gasteiger partial charge in [-0.05, 0) is 24.3 Å². The fraction of sp³-hybridized carbons (Fsp3) is 0.400. The summed E-state index contributed by atoms with van der Waals surface area (Å²) in [5.41, 5.74) is 0.972. The van der Waals surface area contributed by atoms with Crippen LogP contribution in [-0.4, -0.2) is 56.1 Å². The Bertz CT molecular complexity index is 559. The lowest BCUT2D eigenvalue weighted by Gasteiger charge is -2.26. The standard InChI is InChI=1S/C15H18N4O3/c16-11-12-1-3-13(4-2-12)18-15(21)14(20)17-5-6-19-7-9-22-10-8-19/h1-4H,5-10H2,(H,17,20)(H,18,21). The highest BCUT2D eigenvalue weighted by Crippen LogP contribution is 2.08. The minimum Gasteiger partial charge on any atom is -0.379 e. The van der Waals surface area contributed by atoms with Gasteiger partial charge in [-0.3, -0.25) is 14.5 Å². The number of carbonyl (C=O) groups is 2. The van der Waals surface area contributed by atoms with Crippen molar-refractivity contribution in [2.75, 3.05) is 44.7 Å². The van der Waals surface area contributed by atoms with Gasteiger partial charge in [-0.1, -0.05) is 0 Å². The highest BCUT2D eigenvalue weighted by Gasteiger charge is 2.14. The Morgan fingerprint density at radius 3 is 2.50 bits per heavy atom. The van der Waals surface area contributed by atoms with Crippen LogP contribution in [-0.2, 0) is 14.3 Å². The van der Waals surface area contributed by atoms with Crippen LogP contribution in [0.2, 0.25) is 0 Å². The third kappa shape index (κ3) is 4.84. The molecule has 0 radical (unpaired) electrons. The summed E-state index contributed by atoms with van der Waals surface area (Å²) in [5.74, 6) is -1.38. The number of benzene rings is 1. The normalized spacial score (nSPS) is 14.9. The summed E-state index contributed by atoms with van der Waals surface area (Å²) in [6.07, 6.45) is 0. The molecule has 0 aliphatic carbocycles. The van der Waals surface area contributed by atoms with Crippen molar-refractivity contribution in [2.45, 2.75) is 0 Å². The molecular formula is C15H18N4O3. The van der Waals surface area contributed by atoms with E-state index < -0.39 is 11.8 Å². The SMILES string of the molecule is N#Cc1ccc(NC(=O)C(=O)NCCN2CCOCC2)cc1. The summed E-state index contributed by atoms with van der Waals surface area (Å²) in [6, 6.07) is 8.30. The van der Waals surface area contributed by atoms with Gasteiger partial charge in [-0.2, -0.15) is 5.26 Å². The molecular weight excluding hydrogens is 284 g/mol. The highest BCUT2D eigenvalue weighted by atomic mass is 16.5. The first kappa shape index (κ1) is 15.9. The lowest BCUT2D eigenvalue weighted by molar-refractivity contribution is -0.136. The molecule has 1 aromatic rings. The van der Waals surface area contributed by atoms with Crippen molar-refractivity contribution in [2.24, 2.45) is 0 Å². The van der Waals surface area contributed by atoms with Gasteiger partial charge in [0.2, 0.25) is 0 Å². The van der Waals surface area contributed by atoms with E-state index in [2.05, 4.69) is 15.5 Å². The predicted octanol–water partition coefficient (Wildman–Crippen LogP) is -0.0548. The molecule has 0 atom stereocenters. The predicted molar refractivity (Wildman–Crippen MR) is 80.1 cm³/mol. The molecule has 0 bridgehead atoms. The summed E-state index contributed by atoms with van der Waals surface area (Å²) in [7, 11) is 0. The summed E-state index contributed by atoms with van der Waals surface area (Å²) >= 11 is 0. The lowest BCUT2D eigenvalue weighted by Crippen LogP contribution is -2.43. The summed E-state index contributed by atoms with van der Waals surface area (Å²) in [6.45, 7) is 4.19. The Morgan fingerprint density at radius 2 is 1.86 bits per heavy atom. The van der Waals surface area contributed by atoms with Crippen molar-refractivity contribution in [1.82, 2.24) is 10.2 Å². The van der Waals surface area contributed by atoms with Gasteiger partial charge in [0.1, 0.15) is 0 Å². The number of amides is 2. The fourth-order valence-corrected chi connectivity index (χ4v) is 2.05. The monoisotopic (exact) mass is 302 g/mol. The number of rotatable bonds is 4. The van der Waals surface area contributed by atoms with E-state index in [0.29, 0.717) is 37.6 Å². The molecule has 1 aliphatic rings. The van der Waals surface area contributed by atoms with Crippen LogP contribution in [0.5, 0.6) is 0 Å². The van der Waals surface area contributed by atoms with Crippen LogP contribution in [0, 0.1) is 11.3 Å². The minimum absolute atomic E-state index is 0.416. The van der Waals surface area contributed by atoms with E-state index in [4.69, 9.17) is 10.00 Å². The van der Waals surface area contributed by atoms with E-state index in [1.165, 1.54) is 0 Å². The van der Waals surface area contributed by atoms with Crippen LogP contribution in [0.25, 0.3) is 0 Å². The van der Waals surface area contributed by atoms with Gasteiger partial charge in [-0.15, -0.1) is 0 Å². The van der Waals surface area contributed by atoms with Crippen molar-refractivity contribution in [3.8, 4) is 6.07 Å². The number of morpholine rings is 1. The average molecular weight is 302 g/mol. The summed E-state index contributed by atoms with van der Waals surface area (Å²) in [4.78, 5) is 25.6. The Kier molecular flexibility index (Phi) is 5.89. The van der Waals surface area contributed by atoms with E-state index >= 15 is 0 Å². The third-order valence-corrected chi connectivity index (χ3v) is 3.30. The molecule has 1 aliphatic heterocycles. The molecule has 1 heterocycles. The third-order valence-electron chi connectivity index (χ3n) is 3.30. The van der Waals surface area contributed by atoms with Crippen molar-refractivity contribution in [3.05, 3.63) is 29.8 Å². The Balaban J connectivity index is 1.72. The van der Waals surface area contributed by atoms with Crippen LogP contribution in [0.3, 0.4) is 0 Å². The van der Waals surface area contributed by atoms with Gasteiger partial charge < -0.3 is 15.4 Å². The highest BCUT2D eigenvalue weighted by molar-refractivity contribution is 6.39. The van der Waals surface area contributed by atoms with Gasteiger partial charge in [0.05, 0.1) is 24.8 Å². The van der Waals surface area contributed by atoms with Crippen LogP contribution < -0.4 is 10.6 Å². The number of hydrogen-bond donors (Lipinski definition) is 2. The second-order valence-electron chi connectivity index (χ2n) is 4.85. The number of hydrogen-bond acceptors (Lipinski definition) is 5. The molecule has 1 saturated heterocycles. The maximum Gasteiger partial charge on any atom is 0.313 e. The summed E-state index contributed by atoms with van der Waals surface area (Å²) in [5, 5.41) is 13.8. The molecule has 7 nitrogen and oxygen atoms in total. The van der Waals surface area contributed by atoms with Crippen molar-refractivity contribution >= 4 is 17.5 Å². The fourth-order valence-electron chi connectivity index (χ4n) is 2.05. The van der Waals surface area contributed by atoms with Crippen LogP contribution >= 0.6 is 0 Å². The Morgan fingerprint density at radius 1 is 1.18 bits per heavy atom. The Labute approximate surface area is 128 Å². The van der Waals surface area contributed by atoms with Crippen molar-refractivity contribution in [3.63, 3.8) is 0 Å². The second-order valence-corrected chi connectivity index (χ2v) is 4.85. The molecule has 0 saturated carbocycles. The minimum atomic E-state index is -0.716. The van der Waals surface area contributed by atoms with E-state index in [-0.39, 0.29) is 0 Å². The maximum absolute atomic E-state index is 11.7. The zero-order chi connectivity index (χ0) is 15.8. The lowest BCUT2D eigenvalue weighted by atomic mass is 10.2. The number of anilines is 1. The summed E-state index contributed by atoms with van der Waals surface area (Å²) < 4.78 is 5.23. The topological polar surface area (TPSA) is 94.5 Å². The average Bonchev–Trinajstić information content (AvgIpc) is 2.56. The van der Waals surface area contributed by atoms with E-state index in [1.807, 2.05) is 6.07 Å². The van der Waals surface area contributed by atoms with Crippen molar-refractivity contribution in [1.29, 1.82) is 5.26 Å². The molecule has 7 heteroatoms. The second kappa shape index (κ2) is 8.12. The molecule has 1 fully saturated rings. The maximum atomic E-state index is 11.7. The zero-order valence-electron chi connectivity index (χ0n) is 12.2. The molecule has 116 valence electrons. The number of carbonyl (C=O) groups excluding carboxylic acids is 2. The largest absolute Gasteiger partial charge is 0.379 e. The smallest absolute Gasteiger partial charge is 0.313 e. The van der Waals surface area contributed by atoms with Gasteiger partial charge in [-0.25, -0.2) is 0 Å². The van der Waals surface area contributed by atoms with Crippen LogP contribution in [0.4, 0.5) is 5.69 Å². The molecule has 1 aromatic carbocycles. The molecule has 2 amide bonds. The molecule has 2 rings (SSSR count). The van der Waals surface area contributed by atoms with E-state index in [0.717, 1.165) is 13.1 Å². The van der Waals surface area contributed by atoms with Gasteiger partial charge in [0.15, 0.2) is 0 Å². The van der Waals surface area contributed by atoms with Crippen LogP contribution in [0.15, 0.2) is 24.3 Å². The van der Waals surface area contributed by atoms with Crippen molar-refractivity contribution < 1.29 is 14.3 Å². The quantitative estimate of drug-likeness (QED) is 0.760. The van der Waals surface area contributed by atoms with E-state index in [9.17, 15) is 9.59 Å². The number of ether oxygens (including phenoxy) is 1. The van der Waals surface area contributed by atoms with Gasteiger partial charge in [0.25, 0.3) is 0 Å². The number of nitriles is 1. The van der Waals surface area contributed by atoms with Crippen LogP contribution in [0.1, 0.15) is 5.56 Å². The van der Waals surface area contributed by atoms with Gasteiger partial charge >= 0.3 is 11.8 Å². The molecule has 0 aromatic heterocycles. The molecule has 22 heavy (non-hydrogen) atoms. The molecule has 2 N–H and O–H groups in total. The molecule has 0 unspecified atom stereocenters. The van der Waals surface area contributed by atoms with E-state index in [1.54, 1.807) is 24.3 Å². The Hall–Kier alpha value is -2.43. The number of nitrogens with one attached hydrogen (secondary N) is 2. The zero-order valence-corrected chi connectivity index (χ0v) is 12.2. The first-order valence-corrected chi connectivity index (χ1v) is 7.08.